The van der Waals surface area contributed by atoms with E-state index in [0.717, 1.165) is 16.6 Å². The third-order valence-electron chi connectivity index (χ3n) is 2.41. The van der Waals surface area contributed by atoms with Crippen molar-refractivity contribution in [3.05, 3.63) is 17.8 Å². The molecule has 0 aromatic carbocycles. The molecular formula is C12H15N3O3S. The molecule has 2 aromatic rings. The first-order valence-electron chi connectivity index (χ1n) is 5.88. The van der Waals surface area contributed by atoms with Crippen LogP contribution in [0.5, 0.6) is 5.88 Å². The molecule has 2 aromatic heterocycles. The summed E-state index contributed by atoms with van der Waals surface area (Å²) in [5, 5.41) is 5.49. The molecule has 0 fully saturated rings. The zero-order valence-electron chi connectivity index (χ0n) is 10.6. The summed E-state index contributed by atoms with van der Waals surface area (Å²) < 4.78 is 10.3. The predicted octanol–water partition coefficient (Wildman–Crippen LogP) is 1.22. The summed E-state index contributed by atoms with van der Waals surface area (Å²) in [6, 6.07) is 1.88. The molecule has 1 amide bonds. The average molecular weight is 281 g/mol. The number of fused-ring (bicyclic) bond motifs is 1. The van der Waals surface area contributed by atoms with Crippen LogP contribution in [0.4, 0.5) is 0 Å². The summed E-state index contributed by atoms with van der Waals surface area (Å²) in [5.41, 5.74) is 0. The maximum absolute atomic E-state index is 11.5. The van der Waals surface area contributed by atoms with Gasteiger partial charge in [-0.25, -0.2) is 9.97 Å². The van der Waals surface area contributed by atoms with E-state index in [-0.39, 0.29) is 12.5 Å². The molecule has 102 valence electrons. The summed E-state index contributed by atoms with van der Waals surface area (Å²) in [4.78, 5) is 20.5. The highest BCUT2D eigenvalue weighted by molar-refractivity contribution is 7.16. The fourth-order valence-corrected chi connectivity index (χ4v) is 2.23. The van der Waals surface area contributed by atoms with E-state index in [4.69, 9.17) is 9.47 Å². The molecule has 0 aliphatic rings. The average Bonchev–Trinajstić information content (AvgIpc) is 2.90. The van der Waals surface area contributed by atoms with E-state index in [0.29, 0.717) is 19.0 Å². The van der Waals surface area contributed by atoms with Gasteiger partial charge < -0.3 is 14.8 Å². The monoisotopic (exact) mass is 281 g/mol. The zero-order chi connectivity index (χ0) is 13.5. The van der Waals surface area contributed by atoms with Gasteiger partial charge in [0.05, 0.1) is 5.39 Å². The molecule has 0 saturated heterocycles. The van der Waals surface area contributed by atoms with Gasteiger partial charge in [-0.2, -0.15) is 0 Å². The van der Waals surface area contributed by atoms with E-state index in [1.165, 1.54) is 17.7 Å². The second kappa shape index (κ2) is 7.01. The topological polar surface area (TPSA) is 73.3 Å². The van der Waals surface area contributed by atoms with E-state index < -0.39 is 0 Å². The van der Waals surface area contributed by atoms with Crippen molar-refractivity contribution in [1.29, 1.82) is 0 Å². The summed E-state index contributed by atoms with van der Waals surface area (Å²) in [7, 11) is 1.63. The lowest BCUT2D eigenvalue weighted by Gasteiger charge is -2.07. The Morgan fingerprint density at radius 3 is 3.21 bits per heavy atom. The summed E-state index contributed by atoms with van der Waals surface area (Å²) >= 11 is 1.51. The fourth-order valence-electron chi connectivity index (χ4n) is 1.51. The standard InChI is InChI=1S/C12H15N3O3S/c1-17-5-2-4-13-10(16)7-18-11-9-3-6-19-12(9)15-8-14-11/h3,6,8H,2,4-5,7H2,1H3,(H,13,16). The number of amides is 1. The molecular weight excluding hydrogens is 266 g/mol. The van der Waals surface area contributed by atoms with Gasteiger partial charge in [0, 0.05) is 20.3 Å². The fraction of sp³-hybridized carbons (Fsp3) is 0.417. The number of thiophene rings is 1. The first-order valence-corrected chi connectivity index (χ1v) is 6.76. The van der Waals surface area contributed by atoms with Gasteiger partial charge in [-0.15, -0.1) is 11.3 Å². The number of nitrogens with one attached hydrogen (secondary N) is 1. The second-order valence-corrected chi connectivity index (χ2v) is 4.70. The van der Waals surface area contributed by atoms with Gasteiger partial charge in [-0.05, 0) is 17.9 Å². The number of aromatic nitrogens is 2. The highest BCUT2D eigenvalue weighted by Gasteiger charge is 2.08. The van der Waals surface area contributed by atoms with Crippen LogP contribution in [0.25, 0.3) is 10.2 Å². The number of ether oxygens (including phenoxy) is 2. The molecule has 1 N–H and O–H groups in total. The zero-order valence-corrected chi connectivity index (χ0v) is 11.4. The lowest BCUT2D eigenvalue weighted by atomic mass is 10.4. The van der Waals surface area contributed by atoms with Crippen LogP contribution < -0.4 is 10.1 Å². The third-order valence-corrected chi connectivity index (χ3v) is 3.23. The molecule has 0 unspecified atom stereocenters. The molecule has 0 aliphatic carbocycles. The number of rotatable bonds is 7. The Bertz CT molecular complexity index is 544. The number of hydrogen-bond acceptors (Lipinski definition) is 6. The molecule has 6 nitrogen and oxygen atoms in total. The van der Waals surface area contributed by atoms with E-state index in [1.807, 2.05) is 11.4 Å². The minimum Gasteiger partial charge on any atom is -0.467 e. The molecule has 2 rings (SSSR count). The van der Waals surface area contributed by atoms with E-state index in [1.54, 1.807) is 7.11 Å². The van der Waals surface area contributed by atoms with Gasteiger partial charge in [-0.1, -0.05) is 0 Å². The Hall–Kier alpha value is -1.73. The van der Waals surface area contributed by atoms with Crippen molar-refractivity contribution in [2.45, 2.75) is 6.42 Å². The van der Waals surface area contributed by atoms with Gasteiger partial charge in [0.1, 0.15) is 11.2 Å². The minimum atomic E-state index is -0.168. The highest BCUT2D eigenvalue weighted by atomic mass is 32.1. The van der Waals surface area contributed by atoms with Crippen molar-refractivity contribution in [3.8, 4) is 5.88 Å². The molecule has 7 heteroatoms. The number of nitrogens with zero attached hydrogens (tertiary/aromatic N) is 2. The molecule has 0 saturated carbocycles. The minimum absolute atomic E-state index is 0.0467. The van der Waals surface area contributed by atoms with Gasteiger partial charge in [0.15, 0.2) is 6.61 Å². The van der Waals surface area contributed by atoms with Crippen molar-refractivity contribution >= 4 is 27.5 Å². The molecule has 2 heterocycles. The number of hydrogen-bond donors (Lipinski definition) is 1. The Balaban J connectivity index is 1.82. The van der Waals surface area contributed by atoms with Gasteiger partial charge in [-0.3, -0.25) is 4.79 Å². The third kappa shape index (κ3) is 3.87. The van der Waals surface area contributed by atoms with Crippen LogP contribution in [0.1, 0.15) is 6.42 Å². The molecule has 19 heavy (non-hydrogen) atoms. The van der Waals surface area contributed by atoms with Crippen LogP contribution in [-0.2, 0) is 9.53 Å². The number of carbonyl (C=O) groups excluding carboxylic acids is 1. The van der Waals surface area contributed by atoms with Crippen LogP contribution in [0.2, 0.25) is 0 Å². The molecule has 0 atom stereocenters. The smallest absolute Gasteiger partial charge is 0.258 e. The van der Waals surface area contributed by atoms with Gasteiger partial charge >= 0.3 is 0 Å². The Morgan fingerprint density at radius 1 is 1.47 bits per heavy atom. The predicted molar refractivity (Wildman–Crippen MR) is 72.4 cm³/mol. The van der Waals surface area contributed by atoms with E-state index in [9.17, 15) is 4.79 Å². The maximum atomic E-state index is 11.5. The Morgan fingerprint density at radius 2 is 2.37 bits per heavy atom. The molecule has 0 aliphatic heterocycles. The first kappa shape index (κ1) is 13.7. The van der Waals surface area contributed by atoms with Crippen LogP contribution in [0, 0.1) is 0 Å². The van der Waals surface area contributed by atoms with Crippen molar-refractivity contribution in [3.63, 3.8) is 0 Å². The number of carbonyl (C=O) groups is 1. The van der Waals surface area contributed by atoms with Crippen LogP contribution in [0.15, 0.2) is 17.8 Å². The summed E-state index contributed by atoms with van der Waals surface area (Å²) in [6.45, 7) is 1.16. The molecule has 0 radical (unpaired) electrons. The van der Waals surface area contributed by atoms with Crippen LogP contribution in [0.3, 0.4) is 0 Å². The SMILES string of the molecule is COCCCNC(=O)COc1ncnc2sccc12. The summed E-state index contributed by atoms with van der Waals surface area (Å²) in [5.74, 6) is 0.274. The van der Waals surface area contributed by atoms with Crippen molar-refractivity contribution < 1.29 is 14.3 Å². The highest BCUT2D eigenvalue weighted by Crippen LogP contribution is 2.25. The second-order valence-electron chi connectivity index (χ2n) is 3.80. The molecule has 0 bridgehead atoms. The van der Waals surface area contributed by atoms with Crippen molar-refractivity contribution in [1.82, 2.24) is 15.3 Å². The van der Waals surface area contributed by atoms with Crippen molar-refractivity contribution in [2.24, 2.45) is 0 Å². The maximum Gasteiger partial charge on any atom is 0.258 e. The number of methoxy groups -OCH3 is 1. The van der Waals surface area contributed by atoms with Gasteiger partial charge in [0.25, 0.3) is 5.91 Å². The largest absolute Gasteiger partial charge is 0.467 e. The normalized spacial score (nSPS) is 10.6. The van der Waals surface area contributed by atoms with Crippen LogP contribution >= 0.6 is 11.3 Å². The lowest BCUT2D eigenvalue weighted by molar-refractivity contribution is -0.123. The van der Waals surface area contributed by atoms with Crippen molar-refractivity contribution in [2.75, 3.05) is 26.9 Å². The van der Waals surface area contributed by atoms with Gasteiger partial charge in [0.2, 0.25) is 5.88 Å². The van der Waals surface area contributed by atoms with E-state index in [2.05, 4.69) is 15.3 Å². The lowest BCUT2D eigenvalue weighted by Crippen LogP contribution is -2.30. The first-order chi connectivity index (χ1) is 9.31. The Kier molecular flexibility index (Phi) is 5.05. The van der Waals surface area contributed by atoms with Crippen LogP contribution in [-0.4, -0.2) is 42.7 Å². The Labute approximate surface area is 114 Å². The quantitative estimate of drug-likeness (QED) is 0.773. The molecule has 0 spiro atoms. The summed E-state index contributed by atoms with van der Waals surface area (Å²) in [6.07, 6.45) is 2.22. The van der Waals surface area contributed by atoms with E-state index >= 15 is 0 Å².